The van der Waals surface area contributed by atoms with Crippen molar-refractivity contribution in [1.82, 2.24) is 0 Å². The zero-order chi connectivity index (χ0) is 14.7. The van der Waals surface area contributed by atoms with Crippen LogP contribution in [-0.4, -0.2) is 19.0 Å². The number of carbonyl (C=O) groups is 1. The van der Waals surface area contributed by atoms with E-state index in [1.54, 1.807) is 7.11 Å². The Labute approximate surface area is 126 Å². The molecule has 2 fully saturated rings. The Hall–Kier alpha value is -1.35. The first-order valence-corrected chi connectivity index (χ1v) is 8.02. The van der Waals surface area contributed by atoms with Gasteiger partial charge in [-0.3, -0.25) is 4.79 Å². The molecule has 0 aliphatic heterocycles. The molecule has 114 valence electrons. The van der Waals surface area contributed by atoms with Crippen molar-refractivity contribution in [2.24, 2.45) is 5.41 Å². The molecule has 1 unspecified atom stereocenters. The standard InChI is InChI=1S/C18H24O3/c1-20-13-14-7-6-8-15(11-14)21-17-12-16(19)18(17)9-4-2-3-5-10-18/h6-8,11,17H,2-5,9-10,12-13H2,1H3. The van der Waals surface area contributed by atoms with Gasteiger partial charge in [-0.15, -0.1) is 0 Å². The molecule has 0 N–H and O–H groups in total. The van der Waals surface area contributed by atoms with Crippen molar-refractivity contribution in [1.29, 1.82) is 0 Å². The molecular weight excluding hydrogens is 264 g/mol. The maximum absolute atomic E-state index is 12.2. The predicted octanol–water partition coefficient (Wildman–Crippen LogP) is 3.89. The number of methoxy groups -OCH3 is 1. The summed E-state index contributed by atoms with van der Waals surface area (Å²) in [5.41, 5.74) is 0.920. The zero-order valence-electron chi connectivity index (χ0n) is 12.8. The molecule has 3 heteroatoms. The van der Waals surface area contributed by atoms with E-state index in [1.165, 1.54) is 12.8 Å². The third-order valence-corrected chi connectivity index (χ3v) is 5.03. The van der Waals surface area contributed by atoms with Crippen LogP contribution in [0, 0.1) is 5.41 Å². The molecule has 2 aliphatic rings. The number of Topliss-reactive ketones (excluding diaryl/α,β-unsaturated/α-hetero) is 1. The van der Waals surface area contributed by atoms with Crippen molar-refractivity contribution in [3.63, 3.8) is 0 Å². The summed E-state index contributed by atoms with van der Waals surface area (Å²) in [5.74, 6) is 1.29. The first kappa shape index (κ1) is 14.6. The van der Waals surface area contributed by atoms with Gasteiger partial charge in [0.2, 0.25) is 0 Å². The molecule has 21 heavy (non-hydrogen) atoms. The van der Waals surface area contributed by atoms with E-state index in [0.29, 0.717) is 18.8 Å². The van der Waals surface area contributed by atoms with Gasteiger partial charge >= 0.3 is 0 Å². The summed E-state index contributed by atoms with van der Waals surface area (Å²) < 4.78 is 11.3. The van der Waals surface area contributed by atoms with E-state index >= 15 is 0 Å². The molecule has 0 aromatic heterocycles. The van der Waals surface area contributed by atoms with Crippen molar-refractivity contribution >= 4 is 5.78 Å². The van der Waals surface area contributed by atoms with Crippen LogP contribution in [0.2, 0.25) is 0 Å². The summed E-state index contributed by atoms with van der Waals surface area (Å²) in [6.07, 6.45) is 7.50. The molecule has 3 rings (SSSR count). The molecule has 3 nitrogen and oxygen atoms in total. The van der Waals surface area contributed by atoms with Gasteiger partial charge in [-0.1, -0.05) is 37.8 Å². The van der Waals surface area contributed by atoms with Gasteiger partial charge in [0.1, 0.15) is 17.6 Å². The van der Waals surface area contributed by atoms with E-state index in [2.05, 4.69) is 0 Å². The fourth-order valence-corrected chi connectivity index (χ4v) is 3.77. The van der Waals surface area contributed by atoms with Gasteiger partial charge in [0.25, 0.3) is 0 Å². The highest BCUT2D eigenvalue weighted by Crippen LogP contribution is 2.49. The molecule has 1 aromatic carbocycles. The molecular formula is C18H24O3. The largest absolute Gasteiger partial charge is 0.489 e. The van der Waals surface area contributed by atoms with Gasteiger partial charge in [0.05, 0.1) is 12.0 Å². The molecule has 0 amide bonds. The van der Waals surface area contributed by atoms with Gasteiger partial charge in [0, 0.05) is 13.5 Å². The number of carbonyl (C=O) groups excluding carboxylic acids is 1. The van der Waals surface area contributed by atoms with Gasteiger partial charge in [-0.05, 0) is 30.5 Å². The summed E-state index contributed by atoms with van der Waals surface area (Å²) in [7, 11) is 1.69. The Balaban J connectivity index is 1.72. The lowest BCUT2D eigenvalue weighted by molar-refractivity contribution is -0.154. The van der Waals surface area contributed by atoms with Gasteiger partial charge in [-0.2, -0.15) is 0 Å². The lowest BCUT2D eigenvalue weighted by atomic mass is 9.60. The van der Waals surface area contributed by atoms with Crippen molar-refractivity contribution in [2.45, 2.75) is 57.7 Å². The molecule has 0 radical (unpaired) electrons. The van der Waals surface area contributed by atoms with E-state index in [0.717, 1.165) is 37.0 Å². The van der Waals surface area contributed by atoms with Crippen LogP contribution in [0.4, 0.5) is 0 Å². The van der Waals surface area contributed by atoms with Crippen molar-refractivity contribution in [2.75, 3.05) is 7.11 Å². The van der Waals surface area contributed by atoms with Crippen LogP contribution in [0.25, 0.3) is 0 Å². The van der Waals surface area contributed by atoms with E-state index in [1.807, 2.05) is 24.3 Å². The smallest absolute Gasteiger partial charge is 0.146 e. The maximum atomic E-state index is 12.2. The fourth-order valence-electron chi connectivity index (χ4n) is 3.77. The summed E-state index contributed by atoms with van der Waals surface area (Å²) >= 11 is 0. The van der Waals surface area contributed by atoms with Crippen molar-refractivity contribution in [3.05, 3.63) is 29.8 Å². The second-order valence-electron chi connectivity index (χ2n) is 6.38. The molecule has 1 aromatic rings. The molecule has 1 spiro atoms. The first-order valence-electron chi connectivity index (χ1n) is 8.02. The number of rotatable bonds is 4. The minimum atomic E-state index is -0.187. The number of ketones is 1. The van der Waals surface area contributed by atoms with Crippen LogP contribution in [-0.2, 0) is 16.1 Å². The highest BCUT2D eigenvalue weighted by Gasteiger charge is 2.55. The number of benzene rings is 1. The van der Waals surface area contributed by atoms with Crippen LogP contribution in [0.3, 0.4) is 0 Å². The normalized spacial score (nSPS) is 24.4. The van der Waals surface area contributed by atoms with Gasteiger partial charge in [-0.25, -0.2) is 0 Å². The average Bonchev–Trinajstić information content (AvgIpc) is 2.76. The molecule has 0 heterocycles. The van der Waals surface area contributed by atoms with E-state index < -0.39 is 0 Å². The van der Waals surface area contributed by atoms with Gasteiger partial charge < -0.3 is 9.47 Å². The van der Waals surface area contributed by atoms with Crippen LogP contribution in [0.1, 0.15) is 50.5 Å². The second-order valence-corrected chi connectivity index (χ2v) is 6.38. The Kier molecular flexibility index (Phi) is 4.29. The quantitative estimate of drug-likeness (QED) is 0.843. The Morgan fingerprint density at radius 2 is 1.95 bits per heavy atom. The SMILES string of the molecule is COCc1cccc(OC2CC(=O)C23CCCCCC3)c1. The number of ether oxygens (including phenoxy) is 2. The Morgan fingerprint density at radius 3 is 2.62 bits per heavy atom. The second kappa shape index (κ2) is 6.18. The van der Waals surface area contributed by atoms with Crippen molar-refractivity contribution < 1.29 is 14.3 Å². The van der Waals surface area contributed by atoms with Crippen LogP contribution >= 0.6 is 0 Å². The van der Waals surface area contributed by atoms with E-state index in [4.69, 9.17) is 9.47 Å². The Bertz CT molecular complexity index is 501. The maximum Gasteiger partial charge on any atom is 0.146 e. The lowest BCUT2D eigenvalue weighted by Crippen LogP contribution is -2.56. The zero-order valence-corrected chi connectivity index (χ0v) is 12.8. The highest BCUT2D eigenvalue weighted by molar-refractivity contribution is 5.92. The third kappa shape index (κ3) is 2.84. The number of hydrogen-bond donors (Lipinski definition) is 0. The number of hydrogen-bond acceptors (Lipinski definition) is 3. The average molecular weight is 288 g/mol. The summed E-state index contributed by atoms with van der Waals surface area (Å²) in [5, 5.41) is 0. The monoisotopic (exact) mass is 288 g/mol. The van der Waals surface area contributed by atoms with E-state index in [-0.39, 0.29) is 11.5 Å². The fraction of sp³-hybridized carbons (Fsp3) is 0.611. The van der Waals surface area contributed by atoms with Crippen LogP contribution < -0.4 is 4.74 Å². The van der Waals surface area contributed by atoms with Crippen LogP contribution in [0.5, 0.6) is 5.75 Å². The first-order chi connectivity index (χ1) is 10.2. The van der Waals surface area contributed by atoms with Gasteiger partial charge in [0.15, 0.2) is 0 Å². The highest BCUT2D eigenvalue weighted by atomic mass is 16.5. The topological polar surface area (TPSA) is 35.5 Å². The predicted molar refractivity (Wildman–Crippen MR) is 81.3 cm³/mol. The molecule has 2 aliphatic carbocycles. The molecule has 2 saturated carbocycles. The third-order valence-electron chi connectivity index (χ3n) is 5.03. The van der Waals surface area contributed by atoms with E-state index in [9.17, 15) is 4.79 Å². The van der Waals surface area contributed by atoms with Crippen molar-refractivity contribution in [3.8, 4) is 5.75 Å². The molecule has 0 bridgehead atoms. The summed E-state index contributed by atoms with van der Waals surface area (Å²) in [4.78, 5) is 12.2. The minimum absolute atomic E-state index is 0.0703. The summed E-state index contributed by atoms with van der Waals surface area (Å²) in [6, 6.07) is 8.02. The van der Waals surface area contributed by atoms with Crippen LogP contribution in [0.15, 0.2) is 24.3 Å². The molecule has 1 atom stereocenters. The molecule has 0 saturated heterocycles. The Morgan fingerprint density at radius 1 is 1.19 bits per heavy atom. The lowest BCUT2D eigenvalue weighted by Gasteiger charge is -2.47. The minimum Gasteiger partial charge on any atom is -0.489 e. The summed E-state index contributed by atoms with van der Waals surface area (Å²) in [6.45, 7) is 0.589.